The van der Waals surface area contributed by atoms with Crippen LogP contribution in [-0.2, 0) is 14.8 Å². The molecule has 0 spiro atoms. The Labute approximate surface area is 189 Å². The summed E-state index contributed by atoms with van der Waals surface area (Å²) in [7, 11) is 1.04. The molecule has 32 heavy (non-hydrogen) atoms. The van der Waals surface area contributed by atoms with E-state index in [2.05, 4.69) is 5.32 Å². The summed E-state index contributed by atoms with van der Waals surface area (Å²) >= 11 is 0. The number of benzene rings is 2. The first-order chi connectivity index (χ1) is 15.3. The minimum Gasteiger partial charge on any atom is -0.497 e. The van der Waals surface area contributed by atoms with Crippen molar-refractivity contribution in [2.75, 3.05) is 51.6 Å². The molecule has 0 aliphatic heterocycles. The summed E-state index contributed by atoms with van der Waals surface area (Å²) in [5.74, 6) is 2.17. The molecule has 2 aromatic rings. The lowest BCUT2D eigenvalue weighted by atomic mass is 10.2. The fourth-order valence-corrected chi connectivity index (χ4v) is 3.93. The Morgan fingerprint density at radius 2 is 1.59 bits per heavy atom. The van der Waals surface area contributed by atoms with Crippen molar-refractivity contribution in [3.63, 3.8) is 0 Å². The molecule has 1 N–H and O–H groups in total. The molecule has 0 atom stereocenters. The van der Waals surface area contributed by atoms with E-state index in [-0.39, 0.29) is 18.9 Å². The molecular formula is C22H30N2O7S. The zero-order chi connectivity index (χ0) is 23.6. The number of carbonyl (C=O) groups excluding carboxylic acids is 1. The summed E-state index contributed by atoms with van der Waals surface area (Å²) < 4.78 is 46.9. The minimum atomic E-state index is -3.54. The van der Waals surface area contributed by atoms with Crippen molar-refractivity contribution in [2.45, 2.75) is 12.8 Å². The molecule has 0 bridgehead atoms. The molecule has 9 nitrogen and oxygen atoms in total. The molecule has 10 heteroatoms. The van der Waals surface area contributed by atoms with Gasteiger partial charge in [-0.25, -0.2) is 8.42 Å². The molecule has 0 aliphatic rings. The van der Waals surface area contributed by atoms with E-state index in [1.54, 1.807) is 49.6 Å². The van der Waals surface area contributed by atoms with Gasteiger partial charge in [-0.05, 0) is 42.8 Å². The van der Waals surface area contributed by atoms with Crippen molar-refractivity contribution in [2.24, 2.45) is 0 Å². The van der Waals surface area contributed by atoms with Crippen LogP contribution >= 0.6 is 0 Å². The van der Waals surface area contributed by atoms with Crippen LogP contribution in [0.15, 0.2) is 42.5 Å². The lowest BCUT2D eigenvalue weighted by Gasteiger charge is -2.23. The second-order valence-electron chi connectivity index (χ2n) is 6.85. The summed E-state index contributed by atoms with van der Waals surface area (Å²) in [6, 6.07) is 12.0. The van der Waals surface area contributed by atoms with Crippen LogP contribution < -0.4 is 28.6 Å². The van der Waals surface area contributed by atoms with Crippen molar-refractivity contribution in [3.8, 4) is 23.0 Å². The standard InChI is InChI=1S/C22H30N2O7S/c1-28-18-8-10-19(11-9-18)31-15-13-23-22(25)6-5-14-24(32(4,26)27)17-7-12-20(29-2)21(16-17)30-3/h7-12,16H,5-6,13-15H2,1-4H3,(H,23,25). The SMILES string of the molecule is COc1ccc(OCCNC(=O)CCCN(c2ccc(OC)c(OC)c2)S(C)(=O)=O)cc1. The van der Waals surface area contributed by atoms with Gasteiger partial charge in [-0.1, -0.05) is 0 Å². The Morgan fingerprint density at radius 3 is 2.19 bits per heavy atom. The van der Waals surface area contributed by atoms with Crippen LogP contribution in [0.1, 0.15) is 12.8 Å². The molecule has 0 radical (unpaired) electrons. The van der Waals surface area contributed by atoms with E-state index in [1.807, 2.05) is 0 Å². The highest BCUT2D eigenvalue weighted by atomic mass is 32.2. The number of sulfonamides is 1. The highest BCUT2D eigenvalue weighted by Crippen LogP contribution is 2.32. The normalized spacial score (nSPS) is 10.9. The van der Waals surface area contributed by atoms with Gasteiger partial charge in [0.05, 0.1) is 39.8 Å². The number of rotatable bonds is 13. The van der Waals surface area contributed by atoms with Gasteiger partial charge in [0.25, 0.3) is 0 Å². The predicted molar refractivity (Wildman–Crippen MR) is 122 cm³/mol. The van der Waals surface area contributed by atoms with Crippen LogP contribution in [0.25, 0.3) is 0 Å². The number of nitrogens with one attached hydrogen (secondary N) is 1. The quantitative estimate of drug-likeness (QED) is 0.452. The molecule has 0 fully saturated rings. The third kappa shape index (κ3) is 7.52. The number of nitrogens with zero attached hydrogens (tertiary/aromatic N) is 1. The van der Waals surface area contributed by atoms with Gasteiger partial charge in [0, 0.05) is 19.0 Å². The van der Waals surface area contributed by atoms with Crippen LogP contribution in [0, 0.1) is 0 Å². The number of hydrogen-bond acceptors (Lipinski definition) is 7. The van der Waals surface area contributed by atoms with Gasteiger partial charge < -0.3 is 24.3 Å². The number of ether oxygens (including phenoxy) is 4. The Kier molecular flexibility index (Phi) is 9.45. The number of amides is 1. The Bertz CT molecular complexity index is 978. The minimum absolute atomic E-state index is 0.157. The lowest BCUT2D eigenvalue weighted by molar-refractivity contribution is -0.121. The van der Waals surface area contributed by atoms with Crippen molar-refractivity contribution < 1.29 is 32.2 Å². The Morgan fingerprint density at radius 1 is 0.938 bits per heavy atom. The topological polar surface area (TPSA) is 103 Å². The van der Waals surface area contributed by atoms with Crippen LogP contribution in [0.5, 0.6) is 23.0 Å². The average molecular weight is 467 g/mol. The summed E-state index contributed by atoms with van der Waals surface area (Å²) in [4.78, 5) is 12.1. The van der Waals surface area contributed by atoms with Gasteiger partial charge in [-0.3, -0.25) is 9.10 Å². The van der Waals surface area contributed by atoms with E-state index in [0.29, 0.717) is 42.5 Å². The van der Waals surface area contributed by atoms with Gasteiger partial charge in [0.1, 0.15) is 18.1 Å². The molecule has 0 heterocycles. The molecule has 176 valence electrons. The maximum atomic E-state index is 12.3. The zero-order valence-corrected chi connectivity index (χ0v) is 19.6. The summed E-state index contributed by atoms with van der Waals surface area (Å²) in [5, 5.41) is 2.77. The van der Waals surface area contributed by atoms with Gasteiger partial charge in [-0.15, -0.1) is 0 Å². The van der Waals surface area contributed by atoms with Crippen LogP contribution in [0.2, 0.25) is 0 Å². The van der Waals surface area contributed by atoms with Gasteiger partial charge in [-0.2, -0.15) is 0 Å². The monoisotopic (exact) mass is 466 g/mol. The van der Waals surface area contributed by atoms with E-state index < -0.39 is 10.0 Å². The molecule has 2 rings (SSSR count). The Hall–Kier alpha value is -3.14. The predicted octanol–water partition coefficient (Wildman–Crippen LogP) is 2.45. The largest absolute Gasteiger partial charge is 0.497 e. The third-order valence-electron chi connectivity index (χ3n) is 4.57. The fourth-order valence-electron chi connectivity index (χ4n) is 2.97. The number of hydrogen-bond donors (Lipinski definition) is 1. The van der Waals surface area contributed by atoms with E-state index in [4.69, 9.17) is 18.9 Å². The number of carbonyl (C=O) groups is 1. The molecule has 1 amide bonds. The molecule has 0 unspecified atom stereocenters. The molecule has 0 saturated heterocycles. The molecular weight excluding hydrogens is 436 g/mol. The average Bonchev–Trinajstić information content (AvgIpc) is 2.78. The van der Waals surface area contributed by atoms with Crippen LogP contribution in [0.4, 0.5) is 5.69 Å². The second-order valence-corrected chi connectivity index (χ2v) is 8.76. The highest BCUT2D eigenvalue weighted by Gasteiger charge is 2.19. The summed E-state index contributed by atoms with van der Waals surface area (Å²) in [5.41, 5.74) is 0.443. The molecule has 2 aromatic carbocycles. The number of anilines is 1. The van der Waals surface area contributed by atoms with E-state index in [9.17, 15) is 13.2 Å². The smallest absolute Gasteiger partial charge is 0.232 e. The first-order valence-electron chi connectivity index (χ1n) is 10.0. The molecule has 0 aliphatic carbocycles. The lowest BCUT2D eigenvalue weighted by Crippen LogP contribution is -2.33. The van der Waals surface area contributed by atoms with Crippen molar-refractivity contribution in [1.82, 2.24) is 5.32 Å². The van der Waals surface area contributed by atoms with E-state index >= 15 is 0 Å². The molecule has 0 saturated carbocycles. The second kappa shape index (κ2) is 12.0. The fraction of sp³-hybridized carbons (Fsp3) is 0.409. The maximum Gasteiger partial charge on any atom is 0.232 e. The van der Waals surface area contributed by atoms with Crippen LogP contribution in [0.3, 0.4) is 0 Å². The first-order valence-corrected chi connectivity index (χ1v) is 11.9. The van der Waals surface area contributed by atoms with Crippen LogP contribution in [-0.4, -0.2) is 61.6 Å². The van der Waals surface area contributed by atoms with Gasteiger partial charge in [0.2, 0.25) is 15.9 Å². The van der Waals surface area contributed by atoms with E-state index in [1.165, 1.54) is 18.5 Å². The summed E-state index contributed by atoms with van der Waals surface area (Å²) in [6.45, 7) is 0.819. The van der Waals surface area contributed by atoms with Crippen molar-refractivity contribution in [1.29, 1.82) is 0 Å². The van der Waals surface area contributed by atoms with E-state index in [0.717, 1.165) is 12.0 Å². The zero-order valence-electron chi connectivity index (χ0n) is 18.8. The maximum absolute atomic E-state index is 12.3. The number of methoxy groups -OCH3 is 3. The Balaban J connectivity index is 1.81. The van der Waals surface area contributed by atoms with Crippen molar-refractivity contribution >= 4 is 21.6 Å². The first kappa shape index (κ1) is 25.1. The van der Waals surface area contributed by atoms with Crippen molar-refractivity contribution in [3.05, 3.63) is 42.5 Å². The van der Waals surface area contributed by atoms with Gasteiger partial charge in [0.15, 0.2) is 11.5 Å². The van der Waals surface area contributed by atoms with Gasteiger partial charge >= 0.3 is 0 Å². The third-order valence-corrected chi connectivity index (χ3v) is 5.77. The molecule has 0 aromatic heterocycles. The highest BCUT2D eigenvalue weighted by molar-refractivity contribution is 7.92. The summed E-state index contributed by atoms with van der Waals surface area (Å²) in [6.07, 6.45) is 1.66.